The van der Waals surface area contributed by atoms with E-state index < -0.39 is 0 Å². The first-order valence-corrected chi connectivity index (χ1v) is 7.67. The average molecular weight is 312 g/mol. The van der Waals surface area contributed by atoms with E-state index in [-0.39, 0.29) is 19.0 Å². The summed E-state index contributed by atoms with van der Waals surface area (Å²) in [4.78, 5) is 0. The molecule has 1 aromatic heterocycles. The number of anilines is 1. The summed E-state index contributed by atoms with van der Waals surface area (Å²) in [5.41, 5.74) is 8.52. The van der Waals surface area contributed by atoms with E-state index in [4.69, 9.17) is 5.73 Å². The molecule has 5 heteroatoms. The minimum atomic E-state index is 0. The zero-order valence-electron chi connectivity index (χ0n) is 12.8. The molecule has 0 aliphatic rings. The van der Waals surface area contributed by atoms with Gasteiger partial charge >= 0.3 is 5.95 Å². The zero-order valence-corrected chi connectivity index (χ0v) is 13.5. The number of nitrogen functional groups attached to an aromatic ring is 1. The first kappa shape index (κ1) is 17.8. The van der Waals surface area contributed by atoms with Gasteiger partial charge in [0.1, 0.15) is 11.0 Å². The molecule has 0 fully saturated rings. The van der Waals surface area contributed by atoms with Crippen molar-refractivity contribution >= 4 is 17.0 Å². The molecule has 0 radical (unpaired) electrons. The van der Waals surface area contributed by atoms with Gasteiger partial charge in [-0.2, -0.15) is 0 Å². The number of aromatic nitrogens is 2. The molecule has 2 rings (SSSR count). The molecule has 0 aliphatic carbocycles. The number of nitrogens with zero attached hydrogens (tertiary/aromatic N) is 2. The first-order chi connectivity index (χ1) is 9.79. The van der Waals surface area contributed by atoms with Gasteiger partial charge in [-0.3, -0.25) is 5.73 Å². The third kappa shape index (κ3) is 4.11. The van der Waals surface area contributed by atoms with E-state index in [0.29, 0.717) is 6.54 Å². The van der Waals surface area contributed by atoms with Crippen molar-refractivity contribution in [3.63, 3.8) is 0 Å². The van der Waals surface area contributed by atoms with Crippen LogP contribution in [-0.2, 0) is 13.1 Å². The topological polar surface area (TPSA) is 55.1 Å². The molecule has 1 aromatic carbocycles. The van der Waals surface area contributed by atoms with Crippen molar-refractivity contribution in [3.8, 4) is 0 Å². The summed E-state index contributed by atoms with van der Waals surface area (Å²) < 4.78 is 4.18. The van der Waals surface area contributed by atoms with Crippen molar-refractivity contribution in [1.29, 1.82) is 0 Å². The SMILES string of the molecule is CCCCCCC[n+]1c(N)n(CCO)c2ccccc21.[Cl-]. The number of aliphatic hydroxyl groups excluding tert-OH is 1. The molecule has 0 saturated carbocycles. The normalized spacial score (nSPS) is 10.8. The van der Waals surface area contributed by atoms with E-state index in [2.05, 4.69) is 23.6 Å². The predicted octanol–water partition coefficient (Wildman–Crippen LogP) is -0.522. The lowest BCUT2D eigenvalue weighted by atomic mass is 10.1. The van der Waals surface area contributed by atoms with Gasteiger partial charge in [0.2, 0.25) is 0 Å². The lowest BCUT2D eigenvalue weighted by Crippen LogP contribution is -3.00. The number of para-hydroxylation sites is 2. The van der Waals surface area contributed by atoms with Crippen LogP contribution in [0.5, 0.6) is 0 Å². The predicted molar refractivity (Wildman–Crippen MR) is 82.4 cm³/mol. The summed E-state index contributed by atoms with van der Waals surface area (Å²) in [5.74, 6) is 0.746. The summed E-state index contributed by atoms with van der Waals surface area (Å²) in [5, 5.41) is 9.20. The fourth-order valence-corrected chi connectivity index (χ4v) is 2.76. The van der Waals surface area contributed by atoms with Gasteiger partial charge in [0, 0.05) is 0 Å². The number of hydrogen-bond acceptors (Lipinski definition) is 2. The van der Waals surface area contributed by atoms with Crippen LogP contribution >= 0.6 is 0 Å². The molecular formula is C16H26ClN3O. The molecule has 0 aliphatic heterocycles. The molecule has 0 saturated heterocycles. The molecular weight excluding hydrogens is 286 g/mol. The van der Waals surface area contributed by atoms with Crippen LogP contribution in [-0.4, -0.2) is 16.3 Å². The number of hydrogen-bond donors (Lipinski definition) is 2. The Labute approximate surface area is 133 Å². The number of aryl methyl sites for hydroxylation is 1. The molecule has 0 spiro atoms. The highest BCUT2D eigenvalue weighted by molar-refractivity contribution is 5.73. The summed E-state index contributed by atoms with van der Waals surface area (Å²) in [6, 6.07) is 8.22. The maximum Gasteiger partial charge on any atom is 0.356 e. The van der Waals surface area contributed by atoms with Gasteiger partial charge in [-0.25, -0.2) is 9.13 Å². The van der Waals surface area contributed by atoms with Crippen LogP contribution in [0.1, 0.15) is 39.0 Å². The highest BCUT2D eigenvalue weighted by atomic mass is 35.5. The van der Waals surface area contributed by atoms with Gasteiger partial charge < -0.3 is 17.5 Å². The fourth-order valence-electron chi connectivity index (χ4n) is 2.76. The van der Waals surface area contributed by atoms with E-state index in [1.54, 1.807) is 0 Å². The Hall–Kier alpha value is -1.26. The second-order valence-corrected chi connectivity index (χ2v) is 5.29. The summed E-state index contributed by atoms with van der Waals surface area (Å²) in [6.07, 6.45) is 6.28. The summed E-state index contributed by atoms with van der Waals surface area (Å²) in [6.45, 7) is 3.85. The zero-order chi connectivity index (χ0) is 14.4. The standard InChI is InChI=1S/C16H25N3O.ClH/c1-2-3-4-5-8-11-18-14-9-6-7-10-15(14)19(12-13-20)16(18)17;/h6-7,9-10,17,20H,2-5,8,11-13H2,1H3;1H. The Morgan fingerprint density at radius 3 is 2.57 bits per heavy atom. The van der Waals surface area contributed by atoms with Gasteiger partial charge in [-0.1, -0.05) is 44.7 Å². The Balaban J connectivity index is 0.00000220. The number of nitrogens with two attached hydrogens (primary N) is 1. The van der Waals surface area contributed by atoms with Crippen molar-refractivity contribution < 1.29 is 22.1 Å². The van der Waals surface area contributed by atoms with Crippen LogP contribution in [0.25, 0.3) is 11.0 Å². The fraction of sp³-hybridized carbons (Fsp3) is 0.562. The molecule has 21 heavy (non-hydrogen) atoms. The number of unbranched alkanes of at least 4 members (excludes halogenated alkanes) is 4. The highest BCUT2D eigenvalue weighted by Gasteiger charge is 2.19. The van der Waals surface area contributed by atoms with E-state index in [9.17, 15) is 5.11 Å². The molecule has 0 amide bonds. The Morgan fingerprint density at radius 2 is 1.86 bits per heavy atom. The molecule has 118 valence electrons. The molecule has 1 heterocycles. The largest absolute Gasteiger partial charge is 1.00 e. The molecule has 2 aromatic rings. The average Bonchev–Trinajstić information content (AvgIpc) is 2.73. The van der Waals surface area contributed by atoms with Crippen LogP contribution in [0.4, 0.5) is 5.95 Å². The minimum Gasteiger partial charge on any atom is -1.00 e. The van der Waals surface area contributed by atoms with Crippen molar-refractivity contribution in [3.05, 3.63) is 24.3 Å². The highest BCUT2D eigenvalue weighted by Crippen LogP contribution is 2.16. The summed E-state index contributed by atoms with van der Waals surface area (Å²) >= 11 is 0. The van der Waals surface area contributed by atoms with Crippen molar-refractivity contribution in [2.24, 2.45) is 0 Å². The molecule has 0 atom stereocenters. The van der Waals surface area contributed by atoms with Crippen LogP contribution in [0.2, 0.25) is 0 Å². The number of benzene rings is 1. The lowest BCUT2D eigenvalue weighted by molar-refractivity contribution is -0.657. The number of rotatable bonds is 8. The maximum atomic E-state index is 9.20. The third-order valence-corrected chi connectivity index (χ3v) is 3.83. The minimum absolute atomic E-state index is 0. The van der Waals surface area contributed by atoms with E-state index in [0.717, 1.165) is 29.9 Å². The van der Waals surface area contributed by atoms with E-state index in [1.807, 2.05) is 16.7 Å². The molecule has 0 bridgehead atoms. The third-order valence-electron chi connectivity index (χ3n) is 3.83. The first-order valence-electron chi connectivity index (χ1n) is 7.67. The molecule has 0 unspecified atom stereocenters. The van der Waals surface area contributed by atoms with Gasteiger partial charge in [0.25, 0.3) is 0 Å². The lowest BCUT2D eigenvalue weighted by Gasteiger charge is -2.02. The van der Waals surface area contributed by atoms with Crippen LogP contribution in [0.15, 0.2) is 24.3 Å². The monoisotopic (exact) mass is 311 g/mol. The van der Waals surface area contributed by atoms with Gasteiger partial charge in [0.05, 0.1) is 19.7 Å². The number of halogens is 1. The maximum absolute atomic E-state index is 9.20. The Morgan fingerprint density at radius 1 is 1.14 bits per heavy atom. The molecule has 3 N–H and O–H groups in total. The Bertz CT molecular complexity index is 554. The van der Waals surface area contributed by atoms with E-state index in [1.165, 1.54) is 25.7 Å². The van der Waals surface area contributed by atoms with Gasteiger partial charge in [-0.05, 0) is 18.6 Å². The quantitative estimate of drug-likeness (QED) is 0.509. The number of fused-ring (bicyclic) bond motifs is 1. The van der Waals surface area contributed by atoms with Crippen LogP contribution in [0, 0.1) is 0 Å². The smallest absolute Gasteiger partial charge is 0.356 e. The number of aliphatic hydroxyl groups is 1. The van der Waals surface area contributed by atoms with E-state index >= 15 is 0 Å². The molecule has 4 nitrogen and oxygen atoms in total. The summed E-state index contributed by atoms with van der Waals surface area (Å²) in [7, 11) is 0. The Kier molecular flexibility index (Phi) is 7.54. The van der Waals surface area contributed by atoms with Gasteiger partial charge in [0.15, 0.2) is 0 Å². The second kappa shape index (κ2) is 8.90. The number of imidazole rings is 1. The van der Waals surface area contributed by atoms with Crippen LogP contribution < -0.4 is 22.7 Å². The van der Waals surface area contributed by atoms with Crippen molar-refractivity contribution in [2.75, 3.05) is 12.3 Å². The second-order valence-electron chi connectivity index (χ2n) is 5.29. The van der Waals surface area contributed by atoms with Crippen molar-refractivity contribution in [1.82, 2.24) is 4.57 Å². The van der Waals surface area contributed by atoms with Crippen LogP contribution in [0.3, 0.4) is 0 Å². The van der Waals surface area contributed by atoms with Crippen molar-refractivity contribution in [2.45, 2.75) is 52.1 Å². The van der Waals surface area contributed by atoms with Gasteiger partial charge in [-0.15, -0.1) is 0 Å².